The predicted molar refractivity (Wildman–Crippen MR) is 80.2 cm³/mol. The lowest BCUT2D eigenvalue weighted by Crippen LogP contribution is -2.41. The van der Waals surface area contributed by atoms with Crippen LogP contribution in [-0.4, -0.2) is 5.66 Å². The molecule has 1 aliphatic rings. The molecule has 0 aromatic heterocycles. The summed E-state index contributed by atoms with van der Waals surface area (Å²) in [5.41, 5.74) is 3.97. The molecule has 0 amide bonds. The molecule has 18 heavy (non-hydrogen) atoms. The van der Waals surface area contributed by atoms with Gasteiger partial charge in [0.05, 0.1) is 11.4 Å². The van der Waals surface area contributed by atoms with Gasteiger partial charge in [-0.3, -0.25) is 0 Å². The highest BCUT2D eigenvalue weighted by atomic mass is 15.3. The molecule has 0 radical (unpaired) electrons. The number of anilines is 2. The van der Waals surface area contributed by atoms with Crippen molar-refractivity contribution in [2.75, 3.05) is 10.6 Å². The number of fused-ring (bicyclic) bond motifs is 1. The van der Waals surface area contributed by atoms with Crippen molar-refractivity contribution in [3.8, 4) is 0 Å². The lowest BCUT2D eigenvalue weighted by atomic mass is 9.97. The van der Waals surface area contributed by atoms with Crippen molar-refractivity contribution in [3.05, 3.63) is 23.8 Å². The summed E-state index contributed by atoms with van der Waals surface area (Å²) in [6.07, 6.45) is 7.47. The first-order chi connectivity index (χ1) is 8.69. The second-order valence-electron chi connectivity index (χ2n) is 5.59. The van der Waals surface area contributed by atoms with Gasteiger partial charge < -0.3 is 10.6 Å². The first kappa shape index (κ1) is 13.3. The quantitative estimate of drug-likeness (QED) is 0.745. The minimum absolute atomic E-state index is 0.0994. The van der Waals surface area contributed by atoms with E-state index in [-0.39, 0.29) is 5.66 Å². The maximum Gasteiger partial charge on any atom is 0.108 e. The fraction of sp³-hybridized carbons (Fsp3) is 0.625. The third kappa shape index (κ3) is 2.80. The molecule has 0 saturated carbocycles. The Morgan fingerprint density at radius 1 is 0.944 bits per heavy atom. The van der Waals surface area contributed by atoms with Gasteiger partial charge in [-0.1, -0.05) is 32.8 Å². The molecule has 1 heterocycles. The number of hydrogen-bond acceptors (Lipinski definition) is 2. The normalized spacial score (nSPS) is 15.9. The molecule has 1 aromatic carbocycles. The largest absolute Gasteiger partial charge is 0.361 e. The van der Waals surface area contributed by atoms with Gasteiger partial charge in [0.2, 0.25) is 0 Å². The molecule has 0 fully saturated rings. The Hall–Kier alpha value is -1.18. The van der Waals surface area contributed by atoms with Crippen LogP contribution in [0.15, 0.2) is 18.2 Å². The number of hydrogen-bond donors (Lipinski definition) is 2. The summed E-state index contributed by atoms with van der Waals surface area (Å²) in [6, 6.07) is 6.64. The van der Waals surface area contributed by atoms with E-state index in [1.54, 1.807) is 0 Å². The zero-order valence-electron chi connectivity index (χ0n) is 12.0. The molecule has 0 unspecified atom stereocenters. The Morgan fingerprint density at radius 2 is 1.56 bits per heavy atom. The van der Waals surface area contributed by atoms with Crippen molar-refractivity contribution < 1.29 is 0 Å². The molecule has 0 spiro atoms. The fourth-order valence-electron chi connectivity index (χ4n) is 2.75. The van der Waals surface area contributed by atoms with Gasteiger partial charge in [-0.05, 0) is 50.3 Å². The van der Waals surface area contributed by atoms with Crippen LogP contribution in [0.25, 0.3) is 0 Å². The highest BCUT2D eigenvalue weighted by Crippen LogP contribution is 2.39. The standard InChI is InChI=1S/C16H26N2/c1-4-6-10-16(11-7-5-2)17-14-9-8-13(3)12-15(14)18-16/h8-9,12,17-18H,4-7,10-11H2,1-3H3. The molecular formula is C16H26N2. The van der Waals surface area contributed by atoms with Crippen molar-refractivity contribution in [2.24, 2.45) is 0 Å². The number of aryl methyl sites for hydroxylation is 1. The van der Waals surface area contributed by atoms with Gasteiger partial charge in [-0.15, -0.1) is 0 Å². The maximum absolute atomic E-state index is 3.75. The summed E-state index contributed by atoms with van der Waals surface area (Å²) >= 11 is 0. The Kier molecular flexibility index (Phi) is 4.15. The zero-order chi connectivity index (χ0) is 13.0. The minimum atomic E-state index is 0.0994. The third-order valence-corrected chi connectivity index (χ3v) is 3.84. The first-order valence-electron chi connectivity index (χ1n) is 7.36. The van der Waals surface area contributed by atoms with Crippen molar-refractivity contribution in [3.63, 3.8) is 0 Å². The van der Waals surface area contributed by atoms with Gasteiger partial charge in [0.15, 0.2) is 0 Å². The molecule has 2 N–H and O–H groups in total. The molecule has 2 rings (SSSR count). The van der Waals surface area contributed by atoms with E-state index in [9.17, 15) is 0 Å². The second-order valence-corrected chi connectivity index (χ2v) is 5.59. The van der Waals surface area contributed by atoms with Crippen LogP contribution in [0, 0.1) is 6.92 Å². The van der Waals surface area contributed by atoms with E-state index in [1.165, 1.54) is 55.5 Å². The van der Waals surface area contributed by atoms with Crippen LogP contribution in [-0.2, 0) is 0 Å². The number of nitrogens with one attached hydrogen (secondary N) is 2. The average Bonchev–Trinajstić information content (AvgIpc) is 2.72. The van der Waals surface area contributed by atoms with Gasteiger partial charge in [-0.2, -0.15) is 0 Å². The summed E-state index contributed by atoms with van der Waals surface area (Å²) in [4.78, 5) is 0. The summed E-state index contributed by atoms with van der Waals surface area (Å²) in [6.45, 7) is 6.68. The lowest BCUT2D eigenvalue weighted by Gasteiger charge is -2.31. The van der Waals surface area contributed by atoms with Crippen LogP contribution in [0.2, 0.25) is 0 Å². The summed E-state index contributed by atoms with van der Waals surface area (Å²) in [5, 5.41) is 7.48. The minimum Gasteiger partial charge on any atom is -0.361 e. The van der Waals surface area contributed by atoms with Gasteiger partial charge in [0.25, 0.3) is 0 Å². The molecule has 1 aromatic rings. The van der Waals surface area contributed by atoms with Crippen LogP contribution in [0.4, 0.5) is 11.4 Å². The monoisotopic (exact) mass is 246 g/mol. The second kappa shape index (κ2) is 5.64. The summed E-state index contributed by atoms with van der Waals surface area (Å²) < 4.78 is 0. The van der Waals surface area contributed by atoms with Gasteiger partial charge in [0, 0.05) is 0 Å². The Morgan fingerprint density at radius 3 is 2.17 bits per heavy atom. The van der Waals surface area contributed by atoms with E-state index in [1.807, 2.05) is 0 Å². The Labute approximate surface area is 111 Å². The van der Waals surface area contributed by atoms with E-state index >= 15 is 0 Å². The molecule has 1 aliphatic heterocycles. The molecule has 0 atom stereocenters. The fourth-order valence-corrected chi connectivity index (χ4v) is 2.75. The van der Waals surface area contributed by atoms with Crippen molar-refractivity contribution in [1.29, 1.82) is 0 Å². The summed E-state index contributed by atoms with van der Waals surface area (Å²) in [7, 11) is 0. The number of rotatable bonds is 6. The molecule has 2 nitrogen and oxygen atoms in total. The van der Waals surface area contributed by atoms with Crippen molar-refractivity contribution in [2.45, 2.75) is 65.0 Å². The first-order valence-corrected chi connectivity index (χ1v) is 7.36. The smallest absolute Gasteiger partial charge is 0.108 e. The lowest BCUT2D eigenvalue weighted by molar-refractivity contribution is 0.430. The highest BCUT2D eigenvalue weighted by Gasteiger charge is 2.34. The van der Waals surface area contributed by atoms with E-state index in [0.717, 1.165) is 0 Å². The number of benzene rings is 1. The van der Waals surface area contributed by atoms with Gasteiger partial charge >= 0.3 is 0 Å². The molecular weight excluding hydrogens is 220 g/mol. The van der Waals surface area contributed by atoms with Gasteiger partial charge in [0.1, 0.15) is 5.66 Å². The van der Waals surface area contributed by atoms with Crippen LogP contribution in [0.5, 0.6) is 0 Å². The topological polar surface area (TPSA) is 24.1 Å². The Balaban J connectivity index is 2.14. The van der Waals surface area contributed by atoms with Gasteiger partial charge in [-0.25, -0.2) is 0 Å². The molecule has 0 bridgehead atoms. The molecule has 0 aliphatic carbocycles. The van der Waals surface area contributed by atoms with Crippen molar-refractivity contribution in [1.82, 2.24) is 0 Å². The average molecular weight is 246 g/mol. The van der Waals surface area contributed by atoms with Crippen LogP contribution in [0.3, 0.4) is 0 Å². The summed E-state index contributed by atoms with van der Waals surface area (Å²) in [5.74, 6) is 0. The van der Waals surface area contributed by atoms with Crippen LogP contribution >= 0.6 is 0 Å². The third-order valence-electron chi connectivity index (χ3n) is 3.84. The maximum atomic E-state index is 3.75. The zero-order valence-corrected chi connectivity index (χ0v) is 12.0. The molecule has 100 valence electrons. The van der Waals surface area contributed by atoms with E-state index in [0.29, 0.717) is 0 Å². The van der Waals surface area contributed by atoms with E-state index in [4.69, 9.17) is 0 Å². The van der Waals surface area contributed by atoms with Crippen LogP contribution in [0.1, 0.15) is 57.9 Å². The molecule has 2 heteroatoms. The van der Waals surface area contributed by atoms with Crippen LogP contribution < -0.4 is 10.6 Å². The van der Waals surface area contributed by atoms with E-state index in [2.05, 4.69) is 49.6 Å². The molecule has 0 saturated heterocycles. The van der Waals surface area contributed by atoms with E-state index < -0.39 is 0 Å². The Bertz CT molecular complexity index is 390. The highest BCUT2D eigenvalue weighted by molar-refractivity contribution is 5.76. The predicted octanol–water partition coefficient (Wildman–Crippen LogP) is 4.91. The van der Waals surface area contributed by atoms with Crippen molar-refractivity contribution >= 4 is 11.4 Å². The SMILES string of the molecule is CCCCC1(CCCC)Nc2ccc(C)cc2N1. The number of unbranched alkanes of at least 4 members (excludes halogenated alkanes) is 2.